The van der Waals surface area contributed by atoms with Gasteiger partial charge in [-0.2, -0.15) is 0 Å². The molecule has 4 aliphatic carbocycles. The molecule has 0 amide bonds. The van der Waals surface area contributed by atoms with Gasteiger partial charge in [0.1, 0.15) is 0 Å². The van der Waals surface area contributed by atoms with Gasteiger partial charge in [0.25, 0.3) is 0 Å². The fourth-order valence-corrected chi connectivity index (χ4v) is 8.55. The quantitative estimate of drug-likeness (QED) is 0.536. The Bertz CT molecular complexity index is 693. The summed E-state index contributed by atoms with van der Waals surface area (Å²) in [6.07, 6.45) is 12.0. The first kappa shape index (κ1) is 22.6. The molecule has 0 spiro atoms. The first-order valence-electron chi connectivity index (χ1n) is 13.0. The number of hydrogen-bond donors (Lipinski definition) is 1. The van der Waals surface area contributed by atoms with Gasteiger partial charge in [0.05, 0.1) is 6.10 Å². The molecule has 0 radical (unpaired) electrons. The maximum Gasteiger partial charge on any atom is 0.155 e. The Morgan fingerprint density at radius 1 is 1.03 bits per heavy atom. The summed E-state index contributed by atoms with van der Waals surface area (Å²) in [5.41, 5.74) is 1.64. The summed E-state index contributed by atoms with van der Waals surface area (Å²) < 4.78 is 0. The highest BCUT2D eigenvalue weighted by atomic mass is 16.3. The average Bonchev–Trinajstić information content (AvgIpc) is 3.06. The fourth-order valence-electron chi connectivity index (χ4n) is 8.55. The third kappa shape index (κ3) is 3.44. The van der Waals surface area contributed by atoms with E-state index in [1.54, 1.807) is 0 Å². The molecule has 4 rings (SSSR count). The first-order chi connectivity index (χ1) is 14.1. The van der Waals surface area contributed by atoms with E-state index >= 15 is 0 Å². The van der Waals surface area contributed by atoms with E-state index in [9.17, 15) is 9.90 Å². The molecule has 30 heavy (non-hydrogen) atoms. The lowest BCUT2D eigenvalue weighted by molar-refractivity contribution is -0.141. The summed E-state index contributed by atoms with van der Waals surface area (Å²) in [6, 6.07) is 0. The number of hydrogen-bond acceptors (Lipinski definition) is 2. The van der Waals surface area contributed by atoms with Gasteiger partial charge in [-0.05, 0) is 96.9 Å². The van der Waals surface area contributed by atoms with Crippen molar-refractivity contribution in [1.29, 1.82) is 0 Å². The van der Waals surface area contributed by atoms with Gasteiger partial charge < -0.3 is 5.11 Å². The lowest BCUT2D eigenvalue weighted by Crippen LogP contribution is -2.56. The Morgan fingerprint density at radius 2 is 1.77 bits per heavy atom. The van der Waals surface area contributed by atoms with Gasteiger partial charge in [0, 0.05) is 6.42 Å². The van der Waals surface area contributed by atoms with Crippen molar-refractivity contribution in [3.8, 4) is 0 Å². The number of aliphatic hydroxyl groups excluding tert-OH is 1. The van der Waals surface area contributed by atoms with Gasteiger partial charge in [-0.25, -0.2) is 0 Å². The van der Waals surface area contributed by atoms with Gasteiger partial charge in [0.15, 0.2) is 5.78 Å². The minimum atomic E-state index is -0.185. The molecule has 0 aromatic heterocycles. The molecule has 0 saturated heterocycles. The standard InChI is InChI=1S/C28H46O2/c1-17(2)18(3)7-8-19(4)23-11-12-24-22-10-9-20-15-21(29)13-14-27(20,5)25(22)16-26(30)28(23,24)6/h15,17-19,22-26,30H,7-14,16H2,1-6H3/t18-,19-,22+,23-,24+,25+,26-,27+,28-/m1/s1. The molecule has 3 fully saturated rings. The van der Waals surface area contributed by atoms with Gasteiger partial charge >= 0.3 is 0 Å². The third-order valence-electron chi connectivity index (χ3n) is 11.0. The predicted octanol–water partition coefficient (Wildman–Crippen LogP) is 6.81. The number of aliphatic hydroxyl groups is 1. The average molecular weight is 415 g/mol. The second-order valence-corrected chi connectivity index (χ2v) is 12.5. The second-order valence-electron chi connectivity index (χ2n) is 12.5. The Kier molecular flexibility index (Phi) is 6.06. The smallest absolute Gasteiger partial charge is 0.155 e. The molecule has 4 aliphatic rings. The molecule has 1 N–H and O–H groups in total. The molecule has 0 unspecified atom stereocenters. The zero-order valence-electron chi connectivity index (χ0n) is 20.4. The molecule has 2 heteroatoms. The van der Waals surface area contributed by atoms with E-state index in [2.05, 4.69) is 41.5 Å². The zero-order chi connectivity index (χ0) is 21.8. The first-order valence-corrected chi connectivity index (χ1v) is 13.0. The molecule has 170 valence electrons. The molecule has 9 atom stereocenters. The van der Waals surface area contributed by atoms with Crippen molar-refractivity contribution in [3.05, 3.63) is 11.6 Å². The molecular weight excluding hydrogens is 368 g/mol. The number of carbonyl (C=O) groups excluding carboxylic acids is 1. The normalized spacial score (nSPS) is 45.4. The number of ketones is 1. The van der Waals surface area contributed by atoms with E-state index < -0.39 is 0 Å². The van der Waals surface area contributed by atoms with Gasteiger partial charge in [-0.1, -0.05) is 60.0 Å². The highest BCUT2D eigenvalue weighted by Gasteiger charge is 2.62. The van der Waals surface area contributed by atoms with Crippen LogP contribution in [0.5, 0.6) is 0 Å². The molecule has 0 aromatic rings. The van der Waals surface area contributed by atoms with Crippen LogP contribution in [-0.4, -0.2) is 17.0 Å². The minimum absolute atomic E-state index is 0.0870. The van der Waals surface area contributed by atoms with Crippen molar-refractivity contribution in [2.45, 2.75) is 105 Å². The largest absolute Gasteiger partial charge is 0.393 e. The number of rotatable bonds is 5. The van der Waals surface area contributed by atoms with Crippen molar-refractivity contribution in [2.75, 3.05) is 0 Å². The van der Waals surface area contributed by atoms with E-state index in [1.165, 1.54) is 37.7 Å². The second kappa shape index (κ2) is 8.05. The Balaban J connectivity index is 1.54. The highest BCUT2D eigenvalue weighted by Crippen LogP contribution is 2.67. The topological polar surface area (TPSA) is 37.3 Å². The van der Waals surface area contributed by atoms with Crippen LogP contribution < -0.4 is 0 Å². The van der Waals surface area contributed by atoms with E-state index in [4.69, 9.17) is 0 Å². The number of allylic oxidation sites excluding steroid dienone is 1. The van der Waals surface area contributed by atoms with Crippen LogP contribution >= 0.6 is 0 Å². The number of carbonyl (C=O) groups is 1. The Morgan fingerprint density at radius 3 is 2.47 bits per heavy atom. The van der Waals surface area contributed by atoms with E-state index in [0.29, 0.717) is 35.9 Å². The predicted molar refractivity (Wildman–Crippen MR) is 124 cm³/mol. The van der Waals surface area contributed by atoms with Gasteiger partial charge in [-0.15, -0.1) is 0 Å². The Labute approximate surface area is 185 Å². The van der Waals surface area contributed by atoms with Crippen molar-refractivity contribution in [2.24, 2.45) is 52.3 Å². The highest BCUT2D eigenvalue weighted by molar-refractivity contribution is 5.91. The lowest BCUT2D eigenvalue weighted by atomic mass is 9.45. The third-order valence-corrected chi connectivity index (χ3v) is 11.0. The van der Waals surface area contributed by atoms with Crippen LogP contribution in [0.1, 0.15) is 99.3 Å². The fraction of sp³-hybridized carbons (Fsp3) is 0.893. The molecule has 2 nitrogen and oxygen atoms in total. The molecule has 0 aliphatic heterocycles. The Hall–Kier alpha value is -0.630. The van der Waals surface area contributed by atoms with Crippen molar-refractivity contribution < 1.29 is 9.90 Å². The van der Waals surface area contributed by atoms with Crippen LogP contribution in [0.2, 0.25) is 0 Å². The summed E-state index contributed by atoms with van der Waals surface area (Å²) in [6.45, 7) is 14.4. The summed E-state index contributed by atoms with van der Waals surface area (Å²) in [4.78, 5) is 12.1. The number of fused-ring (bicyclic) bond motifs is 5. The zero-order valence-corrected chi connectivity index (χ0v) is 20.4. The monoisotopic (exact) mass is 414 g/mol. The molecule has 0 bridgehead atoms. The van der Waals surface area contributed by atoms with Crippen LogP contribution in [0.25, 0.3) is 0 Å². The summed E-state index contributed by atoms with van der Waals surface area (Å²) >= 11 is 0. The van der Waals surface area contributed by atoms with Crippen molar-refractivity contribution >= 4 is 5.78 Å². The molecule has 3 saturated carbocycles. The molecule has 0 heterocycles. The van der Waals surface area contributed by atoms with Crippen LogP contribution in [0.3, 0.4) is 0 Å². The summed E-state index contributed by atoms with van der Waals surface area (Å²) in [5.74, 6) is 5.21. The summed E-state index contributed by atoms with van der Waals surface area (Å²) in [7, 11) is 0. The SMILES string of the molecule is CC(C)[C@H](C)CC[C@@H](C)[C@H]1CC[C@H]2[C@@H]3CCC4=CC(=O)CC[C@]4(C)[C@H]3C[C@@H](O)[C@]12C. The van der Waals surface area contributed by atoms with Crippen molar-refractivity contribution in [3.63, 3.8) is 0 Å². The van der Waals surface area contributed by atoms with Crippen molar-refractivity contribution in [1.82, 2.24) is 0 Å². The maximum absolute atomic E-state index is 12.1. The van der Waals surface area contributed by atoms with Crippen LogP contribution in [0, 0.1) is 52.3 Å². The minimum Gasteiger partial charge on any atom is -0.393 e. The molecular formula is C28H46O2. The van der Waals surface area contributed by atoms with Gasteiger partial charge in [0.2, 0.25) is 0 Å². The van der Waals surface area contributed by atoms with Crippen LogP contribution in [0.4, 0.5) is 0 Å². The van der Waals surface area contributed by atoms with Crippen LogP contribution in [0.15, 0.2) is 11.6 Å². The van der Waals surface area contributed by atoms with E-state index in [0.717, 1.165) is 37.0 Å². The van der Waals surface area contributed by atoms with E-state index in [1.807, 2.05) is 6.08 Å². The maximum atomic E-state index is 12.1. The van der Waals surface area contributed by atoms with E-state index in [-0.39, 0.29) is 16.9 Å². The lowest BCUT2D eigenvalue weighted by Gasteiger charge is -2.60. The molecule has 0 aromatic carbocycles. The van der Waals surface area contributed by atoms with Gasteiger partial charge in [-0.3, -0.25) is 4.79 Å². The summed E-state index contributed by atoms with van der Waals surface area (Å²) in [5, 5.41) is 11.6. The van der Waals surface area contributed by atoms with Crippen LogP contribution in [-0.2, 0) is 4.79 Å².